The van der Waals surface area contributed by atoms with Crippen LogP contribution < -0.4 is 5.32 Å². The number of carbonyl (C=O) groups is 1. The maximum atomic E-state index is 11.7. The van der Waals surface area contributed by atoms with E-state index in [4.69, 9.17) is 28.3 Å². The number of nitrogens with one attached hydrogen (secondary N) is 1. The second kappa shape index (κ2) is 8.41. The average molecular weight is 304 g/mol. The molecule has 19 heavy (non-hydrogen) atoms. The minimum atomic E-state index is -0.0547. The van der Waals surface area contributed by atoms with Crippen molar-refractivity contribution in [2.75, 3.05) is 13.2 Å². The van der Waals surface area contributed by atoms with Gasteiger partial charge >= 0.3 is 0 Å². The Hall–Kier alpha value is -0.770. The average Bonchev–Trinajstić information content (AvgIpc) is 2.37. The van der Waals surface area contributed by atoms with E-state index in [2.05, 4.69) is 5.32 Å². The lowest BCUT2D eigenvalue weighted by atomic mass is 10.1. The molecular formula is C14H19Cl2NO2. The van der Waals surface area contributed by atoms with E-state index in [9.17, 15) is 4.79 Å². The lowest BCUT2D eigenvalue weighted by Crippen LogP contribution is -2.26. The fraction of sp³-hybridized carbons (Fsp3) is 0.500. The summed E-state index contributed by atoms with van der Waals surface area (Å²) in [5, 5.41) is 12.8. The number of rotatable bonds is 7. The molecule has 1 atom stereocenters. The monoisotopic (exact) mass is 303 g/mol. The minimum Gasteiger partial charge on any atom is -0.396 e. The van der Waals surface area contributed by atoms with E-state index < -0.39 is 0 Å². The minimum absolute atomic E-state index is 0.0547. The zero-order chi connectivity index (χ0) is 14.3. The van der Waals surface area contributed by atoms with Crippen LogP contribution in [0.2, 0.25) is 10.0 Å². The first-order chi connectivity index (χ1) is 9.02. The van der Waals surface area contributed by atoms with Crippen molar-refractivity contribution in [3.63, 3.8) is 0 Å². The molecule has 106 valence electrons. The molecule has 0 spiro atoms. The van der Waals surface area contributed by atoms with Crippen LogP contribution in [-0.2, 0) is 11.2 Å². The molecule has 0 aliphatic heterocycles. The van der Waals surface area contributed by atoms with E-state index in [1.165, 1.54) is 0 Å². The Kier molecular flexibility index (Phi) is 7.21. The summed E-state index contributed by atoms with van der Waals surface area (Å²) in [7, 11) is 0. The van der Waals surface area contributed by atoms with E-state index in [1.807, 2.05) is 6.92 Å². The van der Waals surface area contributed by atoms with Gasteiger partial charge in [0.05, 0.1) is 6.42 Å². The second-order valence-corrected chi connectivity index (χ2v) is 5.54. The van der Waals surface area contributed by atoms with Crippen LogP contribution in [0, 0.1) is 5.92 Å². The van der Waals surface area contributed by atoms with Crippen LogP contribution in [-0.4, -0.2) is 24.2 Å². The molecule has 0 aromatic heterocycles. The molecule has 1 aromatic carbocycles. The highest BCUT2D eigenvalue weighted by atomic mass is 35.5. The molecule has 1 unspecified atom stereocenters. The Balaban J connectivity index is 2.31. The van der Waals surface area contributed by atoms with Crippen LogP contribution in [0.25, 0.3) is 0 Å². The Morgan fingerprint density at radius 3 is 2.79 bits per heavy atom. The number of aliphatic hydroxyl groups is 1. The largest absolute Gasteiger partial charge is 0.396 e. The van der Waals surface area contributed by atoms with Crippen LogP contribution in [0.15, 0.2) is 18.2 Å². The standard InChI is InChI=1S/C14H19Cl2NO2/c1-10(9-18)3-2-6-17-14(19)7-11-4-5-12(15)8-13(11)16/h4-5,8,10,18H,2-3,6-7,9H2,1H3,(H,17,19). The van der Waals surface area contributed by atoms with E-state index in [1.54, 1.807) is 18.2 Å². The van der Waals surface area contributed by atoms with Gasteiger partial charge in [-0.1, -0.05) is 36.2 Å². The number of amides is 1. The van der Waals surface area contributed by atoms with Crippen molar-refractivity contribution >= 4 is 29.1 Å². The topological polar surface area (TPSA) is 49.3 Å². The van der Waals surface area contributed by atoms with Crippen molar-refractivity contribution in [2.24, 2.45) is 5.92 Å². The van der Waals surface area contributed by atoms with Gasteiger partial charge in [-0.3, -0.25) is 4.79 Å². The van der Waals surface area contributed by atoms with Gasteiger partial charge in [-0.05, 0) is 36.5 Å². The number of halogens is 2. The fourth-order valence-electron chi connectivity index (χ4n) is 1.67. The van der Waals surface area contributed by atoms with Crippen LogP contribution in [0.5, 0.6) is 0 Å². The van der Waals surface area contributed by atoms with Crippen LogP contribution in [0.1, 0.15) is 25.3 Å². The molecule has 1 aromatic rings. The van der Waals surface area contributed by atoms with Crippen molar-refractivity contribution in [2.45, 2.75) is 26.2 Å². The molecule has 1 amide bonds. The van der Waals surface area contributed by atoms with Gasteiger partial charge in [0.1, 0.15) is 0 Å². The van der Waals surface area contributed by atoms with Gasteiger partial charge in [-0.2, -0.15) is 0 Å². The SMILES string of the molecule is CC(CO)CCCNC(=O)Cc1ccc(Cl)cc1Cl. The summed E-state index contributed by atoms with van der Waals surface area (Å²) in [6.07, 6.45) is 2.02. The van der Waals surface area contributed by atoms with E-state index in [0.29, 0.717) is 16.6 Å². The van der Waals surface area contributed by atoms with Crippen LogP contribution in [0.3, 0.4) is 0 Å². The molecule has 0 aliphatic rings. The zero-order valence-electron chi connectivity index (χ0n) is 11.0. The normalized spacial score (nSPS) is 12.2. The maximum Gasteiger partial charge on any atom is 0.224 e. The first kappa shape index (κ1) is 16.3. The van der Waals surface area contributed by atoms with Crippen molar-refractivity contribution in [1.82, 2.24) is 5.32 Å². The van der Waals surface area contributed by atoms with E-state index >= 15 is 0 Å². The summed E-state index contributed by atoms with van der Waals surface area (Å²) in [5.41, 5.74) is 0.771. The summed E-state index contributed by atoms with van der Waals surface area (Å²) in [5.74, 6) is 0.225. The van der Waals surface area contributed by atoms with Gasteiger partial charge < -0.3 is 10.4 Å². The lowest BCUT2D eigenvalue weighted by Gasteiger charge is -2.09. The quantitative estimate of drug-likeness (QED) is 0.761. The maximum absolute atomic E-state index is 11.7. The molecule has 0 bridgehead atoms. The smallest absolute Gasteiger partial charge is 0.224 e. The van der Waals surface area contributed by atoms with Gasteiger partial charge in [0.25, 0.3) is 0 Å². The van der Waals surface area contributed by atoms with E-state index in [0.717, 1.165) is 18.4 Å². The lowest BCUT2D eigenvalue weighted by molar-refractivity contribution is -0.120. The van der Waals surface area contributed by atoms with Gasteiger partial charge in [-0.15, -0.1) is 0 Å². The molecule has 0 heterocycles. The Bertz CT molecular complexity index is 424. The van der Waals surface area contributed by atoms with E-state index in [-0.39, 0.29) is 24.9 Å². The van der Waals surface area contributed by atoms with Crippen molar-refractivity contribution in [1.29, 1.82) is 0 Å². The van der Waals surface area contributed by atoms with Crippen molar-refractivity contribution in [3.8, 4) is 0 Å². The fourth-order valence-corrected chi connectivity index (χ4v) is 2.15. The summed E-state index contributed by atoms with van der Waals surface area (Å²) in [6.45, 7) is 2.79. The Labute approximate surface area is 123 Å². The van der Waals surface area contributed by atoms with Gasteiger partial charge in [0.15, 0.2) is 0 Å². The molecule has 0 saturated heterocycles. The molecular weight excluding hydrogens is 285 g/mol. The number of benzene rings is 1. The Morgan fingerprint density at radius 1 is 1.42 bits per heavy atom. The highest BCUT2D eigenvalue weighted by molar-refractivity contribution is 6.35. The summed E-state index contributed by atoms with van der Waals surface area (Å²) < 4.78 is 0. The molecule has 1 rings (SSSR count). The third-order valence-corrected chi connectivity index (χ3v) is 3.46. The predicted octanol–water partition coefficient (Wildman–Crippen LogP) is 3.06. The van der Waals surface area contributed by atoms with Crippen molar-refractivity contribution in [3.05, 3.63) is 33.8 Å². The van der Waals surface area contributed by atoms with Gasteiger partial charge in [0, 0.05) is 23.2 Å². The molecule has 0 radical (unpaired) electrons. The molecule has 0 aliphatic carbocycles. The number of hydrogen-bond donors (Lipinski definition) is 2. The molecule has 0 fully saturated rings. The predicted molar refractivity (Wildman–Crippen MR) is 78.7 cm³/mol. The Morgan fingerprint density at radius 2 is 2.16 bits per heavy atom. The zero-order valence-corrected chi connectivity index (χ0v) is 12.5. The molecule has 0 saturated carbocycles. The second-order valence-electron chi connectivity index (χ2n) is 4.69. The van der Waals surface area contributed by atoms with Crippen molar-refractivity contribution < 1.29 is 9.90 Å². The van der Waals surface area contributed by atoms with Crippen LogP contribution in [0.4, 0.5) is 0 Å². The van der Waals surface area contributed by atoms with Gasteiger partial charge in [0.2, 0.25) is 5.91 Å². The number of hydrogen-bond acceptors (Lipinski definition) is 2. The highest BCUT2D eigenvalue weighted by Crippen LogP contribution is 2.21. The summed E-state index contributed by atoms with van der Waals surface area (Å²) >= 11 is 11.8. The first-order valence-electron chi connectivity index (χ1n) is 6.34. The third kappa shape index (κ3) is 6.28. The first-order valence-corrected chi connectivity index (χ1v) is 7.10. The van der Waals surface area contributed by atoms with Gasteiger partial charge in [-0.25, -0.2) is 0 Å². The summed E-state index contributed by atoms with van der Waals surface area (Å²) in [6, 6.07) is 5.12. The number of aliphatic hydroxyl groups excluding tert-OH is 1. The van der Waals surface area contributed by atoms with Crippen LogP contribution >= 0.6 is 23.2 Å². The molecule has 5 heteroatoms. The molecule has 3 nitrogen and oxygen atoms in total. The summed E-state index contributed by atoms with van der Waals surface area (Å²) in [4.78, 5) is 11.7. The molecule has 2 N–H and O–H groups in total. The number of carbonyl (C=O) groups excluding carboxylic acids is 1. The third-order valence-electron chi connectivity index (χ3n) is 2.87. The highest BCUT2D eigenvalue weighted by Gasteiger charge is 2.07.